The largest absolute Gasteiger partial charge is 0.330 e. The first-order valence-corrected chi connectivity index (χ1v) is 10.7. The Kier molecular flexibility index (Phi) is 6.22. The highest BCUT2D eigenvalue weighted by molar-refractivity contribution is 7.08. The standard InChI is InChI=1S/C20H30N4O2S/c1-5-23(6-2)10-7-8-14(3)24-12-16-17(19(24)25)18(15-9-11-27-13-15)21-20(26)22(16)4/h9,11,13-14,18H,5-8,10,12H2,1-4H3,(H,21,26). The van der Waals surface area contributed by atoms with Gasteiger partial charge >= 0.3 is 6.03 Å². The molecule has 2 aliphatic rings. The maximum atomic E-state index is 13.2. The third kappa shape index (κ3) is 3.89. The summed E-state index contributed by atoms with van der Waals surface area (Å²) in [7, 11) is 1.75. The van der Waals surface area contributed by atoms with Gasteiger partial charge < -0.3 is 15.1 Å². The van der Waals surface area contributed by atoms with E-state index >= 15 is 0 Å². The molecule has 3 rings (SSSR count). The van der Waals surface area contributed by atoms with Crippen LogP contribution >= 0.6 is 11.3 Å². The van der Waals surface area contributed by atoms with Crippen LogP contribution < -0.4 is 5.32 Å². The summed E-state index contributed by atoms with van der Waals surface area (Å²) < 4.78 is 0. The highest BCUT2D eigenvalue weighted by atomic mass is 32.1. The van der Waals surface area contributed by atoms with Crippen LogP contribution in [0.15, 0.2) is 28.1 Å². The Morgan fingerprint density at radius 2 is 2.07 bits per heavy atom. The van der Waals surface area contributed by atoms with E-state index in [9.17, 15) is 9.59 Å². The lowest BCUT2D eigenvalue weighted by Crippen LogP contribution is -2.45. The number of amides is 3. The van der Waals surface area contributed by atoms with Gasteiger partial charge in [-0.2, -0.15) is 11.3 Å². The van der Waals surface area contributed by atoms with Gasteiger partial charge in [-0.15, -0.1) is 0 Å². The summed E-state index contributed by atoms with van der Waals surface area (Å²) >= 11 is 1.58. The molecule has 2 aliphatic heterocycles. The molecule has 1 aromatic rings. The van der Waals surface area contributed by atoms with Crippen molar-refractivity contribution in [3.05, 3.63) is 33.7 Å². The van der Waals surface area contributed by atoms with Gasteiger partial charge in [-0.3, -0.25) is 9.69 Å². The Morgan fingerprint density at radius 3 is 2.70 bits per heavy atom. The smallest absolute Gasteiger partial charge is 0.322 e. The average Bonchev–Trinajstić information content (AvgIpc) is 3.30. The molecular weight excluding hydrogens is 360 g/mol. The number of carbonyl (C=O) groups excluding carboxylic acids is 2. The van der Waals surface area contributed by atoms with Crippen LogP contribution in [0.5, 0.6) is 0 Å². The van der Waals surface area contributed by atoms with E-state index in [2.05, 4.69) is 31.0 Å². The van der Waals surface area contributed by atoms with Crippen molar-refractivity contribution in [1.82, 2.24) is 20.0 Å². The van der Waals surface area contributed by atoms with E-state index in [0.717, 1.165) is 49.3 Å². The molecule has 6 nitrogen and oxygen atoms in total. The molecule has 1 N–H and O–H groups in total. The topological polar surface area (TPSA) is 55.9 Å². The fourth-order valence-electron chi connectivity index (χ4n) is 3.94. The number of nitrogens with one attached hydrogen (secondary N) is 1. The van der Waals surface area contributed by atoms with E-state index in [1.165, 1.54) is 0 Å². The quantitative estimate of drug-likeness (QED) is 0.742. The van der Waals surface area contributed by atoms with Gasteiger partial charge in [0.2, 0.25) is 0 Å². The summed E-state index contributed by atoms with van der Waals surface area (Å²) in [5.41, 5.74) is 2.56. The van der Waals surface area contributed by atoms with Crippen LogP contribution in [-0.4, -0.2) is 65.9 Å². The second kappa shape index (κ2) is 8.44. The van der Waals surface area contributed by atoms with Crippen molar-refractivity contribution in [2.75, 3.05) is 33.2 Å². The number of carbonyl (C=O) groups is 2. The Hall–Kier alpha value is -1.86. The minimum absolute atomic E-state index is 0.0587. The summed E-state index contributed by atoms with van der Waals surface area (Å²) in [5.74, 6) is 0.0587. The van der Waals surface area contributed by atoms with E-state index in [0.29, 0.717) is 6.54 Å². The summed E-state index contributed by atoms with van der Waals surface area (Å²) in [5, 5.41) is 6.97. The molecule has 3 heterocycles. The van der Waals surface area contributed by atoms with Gasteiger partial charge in [-0.1, -0.05) is 13.8 Å². The molecule has 1 aromatic heterocycles. The lowest BCUT2D eigenvalue weighted by Gasteiger charge is -2.30. The minimum atomic E-state index is -0.338. The molecule has 0 saturated heterocycles. The van der Waals surface area contributed by atoms with Gasteiger partial charge in [0.25, 0.3) is 5.91 Å². The lowest BCUT2D eigenvalue weighted by molar-refractivity contribution is -0.127. The summed E-state index contributed by atoms with van der Waals surface area (Å²) in [4.78, 5) is 31.6. The van der Waals surface area contributed by atoms with Gasteiger partial charge in [-0.05, 0) is 61.8 Å². The molecule has 0 saturated carbocycles. The van der Waals surface area contributed by atoms with Crippen molar-refractivity contribution in [1.29, 1.82) is 0 Å². The van der Waals surface area contributed by atoms with E-state index in [4.69, 9.17) is 0 Å². The van der Waals surface area contributed by atoms with Gasteiger partial charge in [0.05, 0.1) is 23.9 Å². The van der Waals surface area contributed by atoms with E-state index in [1.54, 1.807) is 23.3 Å². The molecule has 0 bridgehead atoms. The van der Waals surface area contributed by atoms with Crippen LogP contribution in [0.3, 0.4) is 0 Å². The normalized spacial score (nSPS) is 21.1. The molecule has 0 aliphatic carbocycles. The van der Waals surface area contributed by atoms with Crippen LogP contribution in [-0.2, 0) is 4.79 Å². The van der Waals surface area contributed by atoms with Crippen molar-refractivity contribution >= 4 is 23.3 Å². The summed E-state index contributed by atoms with van der Waals surface area (Å²) in [6.45, 7) is 10.2. The predicted molar refractivity (Wildman–Crippen MR) is 109 cm³/mol. The van der Waals surface area contributed by atoms with Crippen molar-refractivity contribution < 1.29 is 9.59 Å². The zero-order valence-corrected chi connectivity index (χ0v) is 17.5. The van der Waals surface area contributed by atoms with Crippen molar-refractivity contribution in [2.45, 2.75) is 45.7 Å². The molecular formula is C20H30N4O2S. The number of rotatable bonds is 8. The maximum Gasteiger partial charge on any atom is 0.322 e. The molecule has 3 amide bonds. The lowest BCUT2D eigenvalue weighted by atomic mass is 9.98. The third-order valence-electron chi connectivity index (χ3n) is 5.79. The van der Waals surface area contributed by atoms with Crippen molar-refractivity contribution in [3.8, 4) is 0 Å². The first-order valence-electron chi connectivity index (χ1n) is 9.80. The van der Waals surface area contributed by atoms with Crippen LogP contribution in [0.2, 0.25) is 0 Å². The first-order chi connectivity index (χ1) is 13.0. The van der Waals surface area contributed by atoms with Crippen molar-refractivity contribution in [3.63, 3.8) is 0 Å². The van der Waals surface area contributed by atoms with Crippen molar-refractivity contribution in [2.24, 2.45) is 0 Å². The van der Waals surface area contributed by atoms with Gasteiger partial charge in [0.1, 0.15) is 0 Å². The van der Waals surface area contributed by atoms with Gasteiger partial charge in [0, 0.05) is 13.1 Å². The number of likely N-dealkylation sites (N-methyl/N-ethyl adjacent to an activating group) is 1. The zero-order chi connectivity index (χ0) is 19.6. The van der Waals surface area contributed by atoms with E-state index in [1.807, 2.05) is 21.7 Å². The molecule has 27 heavy (non-hydrogen) atoms. The van der Waals surface area contributed by atoms with Crippen LogP contribution in [0.4, 0.5) is 4.79 Å². The molecule has 2 unspecified atom stereocenters. The molecule has 2 atom stereocenters. The third-order valence-corrected chi connectivity index (χ3v) is 6.49. The molecule has 0 aromatic carbocycles. The summed E-state index contributed by atoms with van der Waals surface area (Å²) in [6.07, 6.45) is 2.04. The molecule has 7 heteroatoms. The van der Waals surface area contributed by atoms with Crippen LogP contribution in [0.25, 0.3) is 0 Å². The number of hydrogen-bond acceptors (Lipinski definition) is 4. The molecule has 0 radical (unpaired) electrons. The SMILES string of the molecule is CCN(CC)CCCC(C)N1CC2=C(C1=O)C(c1ccsc1)NC(=O)N2C. The Morgan fingerprint density at radius 1 is 1.33 bits per heavy atom. The molecule has 0 spiro atoms. The predicted octanol–water partition coefficient (Wildman–Crippen LogP) is 3.05. The highest BCUT2D eigenvalue weighted by Gasteiger charge is 2.44. The Labute approximate surface area is 165 Å². The second-order valence-corrected chi connectivity index (χ2v) is 8.09. The fourth-order valence-corrected chi connectivity index (χ4v) is 4.63. The number of hydrogen-bond donors (Lipinski definition) is 1. The molecule has 148 valence electrons. The monoisotopic (exact) mass is 390 g/mol. The van der Waals surface area contributed by atoms with Gasteiger partial charge in [-0.25, -0.2) is 4.79 Å². The Bertz CT molecular complexity index is 712. The van der Waals surface area contributed by atoms with Crippen LogP contribution in [0.1, 0.15) is 45.2 Å². The number of urea groups is 1. The summed E-state index contributed by atoms with van der Waals surface area (Å²) in [6, 6.07) is 1.66. The van der Waals surface area contributed by atoms with E-state index < -0.39 is 0 Å². The highest BCUT2D eigenvalue weighted by Crippen LogP contribution is 2.37. The Balaban J connectivity index is 1.72. The minimum Gasteiger partial charge on any atom is -0.330 e. The van der Waals surface area contributed by atoms with Gasteiger partial charge in [0.15, 0.2) is 0 Å². The average molecular weight is 391 g/mol. The molecule has 0 fully saturated rings. The van der Waals surface area contributed by atoms with Crippen LogP contribution in [0, 0.1) is 0 Å². The van der Waals surface area contributed by atoms with E-state index in [-0.39, 0.29) is 24.0 Å². The maximum absolute atomic E-state index is 13.2. The number of thiophene rings is 1. The zero-order valence-electron chi connectivity index (χ0n) is 16.7. The number of nitrogens with zero attached hydrogens (tertiary/aromatic N) is 3. The second-order valence-electron chi connectivity index (χ2n) is 7.31. The fraction of sp³-hybridized carbons (Fsp3) is 0.600. The first kappa shape index (κ1) is 19.9.